The molecule has 5 aliphatic heterocycles. The predicted molar refractivity (Wildman–Crippen MR) is 290 cm³/mol. The van der Waals surface area contributed by atoms with E-state index in [1.165, 1.54) is 4.90 Å². The number of fused-ring (bicyclic) bond motifs is 2. The van der Waals surface area contributed by atoms with Gasteiger partial charge in [-0.05, 0) is 99.2 Å². The van der Waals surface area contributed by atoms with Crippen LogP contribution in [0.3, 0.4) is 0 Å². The van der Waals surface area contributed by atoms with E-state index >= 15 is 0 Å². The zero-order valence-electron chi connectivity index (χ0n) is 44.4. The summed E-state index contributed by atoms with van der Waals surface area (Å²) >= 11 is 0. The third-order valence-electron chi connectivity index (χ3n) is 17.1. The number of hydrogen-bond acceptors (Lipinski definition) is 17. The van der Waals surface area contributed by atoms with Gasteiger partial charge in [0.1, 0.15) is 23.8 Å². The number of phenolic OH excluding ortho intramolecular Hbond substituents is 1. The second kappa shape index (κ2) is 22.5. The summed E-state index contributed by atoms with van der Waals surface area (Å²) in [6, 6.07) is 23.6. The molecule has 5 aromatic rings. The van der Waals surface area contributed by atoms with Crippen molar-refractivity contribution >= 4 is 34.8 Å². The van der Waals surface area contributed by atoms with E-state index in [-0.39, 0.29) is 72.9 Å². The number of carbonyl (C=O) groups is 2. The number of amides is 2. The summed E-state index contributed by atoms with van der Waals surface area (Å²) in [6.45, 7) is 12.3. The monoisotopic (exact) mass is 1050 g/mol. The SMILES string of the molecule is CC(C)[C@@H](C(=O)N1C[C@H](O)C[C@H]1C(=O)N[C@@H](C)c1ccc(C#N)cc1)c1cc(N2CCC(CN3CCC(OC4CC(Oc5cc(N6CC7CCC(C6)N7c6cc(-c7ccccc7O)nnc6N)ccn5)C4)CC3)CC2)no1. The van der Waals surface area contributed by atoms with Crippen LogP contribution in [0.2, 0.25) is 0 Å². The number of hydrogen-bond donors (Lipinski definition) is 4. The Labute approximate surface area is 450 Å². The highest BCUT2D eigenvalue weighted by molar-refractivity contribution is 5.91. The number of benzene rings is 2. The third-order valence-corrected chi connectivity index (χ3v) is 17.1. The maximum atomic E-state index is 14.3. The standard InChI is InChI=1S/C58H72N12O7/c1-35(2)55(58(74)69-34-43(71)25-50(69)57(73)62-36(3)39-10-8-37(30-59)9-11-39)52-29-53(65-77-52)67-22-15-38(16-23-67)31-66-20-17-44(18-21-66)75-45-26-46(27-45)76-54-24-40(14-19-61-54)68-32-41-12-13-42(33-68)70(41)49-28-48(63-64-56(49)60)47-6-4-5-7-51(47)72/h4-11,14,19,24,28-29,35-36,38,41-46,50,55,71-72H,12-13,15-18,20-23,25-27,31-34H2,1-3H3,(H2,60,64)(H,62,73)/t36-,41?,42?,43+,45?,46?,50-,55+/m0/s1. The lowest BCUT2D eigenvalue weighted by Crippen LogP contribution is -2.54. The average molecular weight is 1050 g/mol. The number of aliphatic hydroxyl groups is 1. The van der Waals surface area contributed by atoms with E-state index in [1.54, 1.807) is 36.4 Å². The fourth-order valence-electron chi connectivity index (χ4n) is 12.7. The summed E-state index contributed by atoms with van der Waals surface area (Å²) in [5, 5.41) is 46.4. The van der Waals surface area contributed by atoms with E-state index in [4.69, 9.17) is 19.7 Å². The molecular weight excluding hydrogens is 977 g/mol. The molecule has 2 aromatic carbocycles. The second-order valence-electron chi connectivity index (χ2n) is 22.6. The Morgan fingerprint density at radius 2 is 1.60 bits per heavy atom. The first-order valence-electron chi connectivity index (χ1n) is 27.8. The molecule has 6 atom stereocenters. The van der Waals surface area contributed by atoms with Gasteiger partial charge in [-0.25, -0.2) is 4.98 Å². The van der Waals surface area contributed by atoms with Gasteiger partial charge >= 0.3 is 0 Å². The first-order valence-corrected chi connectivity index (χ1v) is 27.8. The number of nitrogen functional groups attached to an aromatic ring is 1. The van der Waals surface area contributed by atoms with Gasteiger partial charge in [-0.2, -0.15) is 5.26 Å². The van der Waals surface area contributed by atoms with Gasteiger partial charge < -0.3 is 59.8 Å². The first-order chi connectivity index (χ1) is 37.3. The molecule has 77 heavy (non-hydrogen) atoms. The molecule has 0 spiro atoms. The number of aliphatic hydroxyl groups excluding tert-OH is 1. The number of para-hydroxylation sites is 1. The van der Waals surface area contributed by atoms with E-state index in [1.807, 2.05) is 51.2 Å². The number of rotatable bonds is 16. The fourth-order valence-corrected chi connectivity index (χ4v) is 12.7. The Morgan fingerprint density at radius 3 is 2.31 bits per heavy atom. The van der Waals surface area contributed by atoms with Crippen LogP contribution >= 0.6 is 0 Å². The van der Waals surface area contributed by atoms with Crippen molar-refractivity contribution < 1.29 is 33.8 Å². The number of piperazine rings is 1. The molecule has 6 fully saturated rings. The molecule has 19 heteroatoms. The predicted octanol–water partition coefficient (Wildman–Crippen LogP) is 6.43. The Kier molecular flexibility index (Phi) is 15.2. The van der Waals surface area contributed by atoms with Crippen LogP contribution in [-0.2, 0) is 14.3 Å². The van der Waals surface area contributed by atoms with Crippen molar-refractivity contribution in [1.82, 2.24) is 35.5 Å². The molecule has 406 valence electrons. The van der Waals surface area contributed by atoms with Gasteiger partial charge in [0.15, 0.2) is 17.4 Å². The molecule has 2 amide bonds. The number of aromatic nitrogens is 4. The molecule has 8 heterocycles. The highest BCUT2D eigenvalue weighted by Crippen LogP contribution is 2.42. The number of nitrogens with two attached hydrogens (primary N) is 1. The quantitative estimate of drug-likeness (QED) is 0.0833. The summed E-state index contributed by atoms with van der Waals surface area (Å²) in [4.78, 5) is 43.7. The molecule has 2 unspecified atom stereocenters. The Morgan fingerprint density at radius 1 is 0.857 bits per heavy atom. The molecule has 0 radical (unpaired) electrons. The number of aromatic hydroxyl groups is 1. The number of carbonyl (C=O) groups excluding carboxylic acids is 2. The van der Waals surface area contributed by atoms with Crippen LogP contribution in [-0.4, -0.2) is 147 Å². The van der Waals surface area contributed by atoms with Crippen molar-refractivity contribution in [2.45, 2.75) is 133 Å². The summed E-state index contributed by atoms with van der Waals surface area (Å²) in [5.74, 6) is 1.59. The number of anilines is 4. The van der Waals surface area contributed by atoms with E-state index in [9.17, 15) is 25.1 Å². The Balaban J connectivity index is 0.598. The number of nitrogens with zero attached hydrogens (tertiary/aromatic N) is 10. The van der Waals surface area contributed by atoms with Crippen LogP contribution in [0.1, 0.15) is 107 Å². The van der Waals surface area contributed by atoms with Crippen molar-refractivity contribution in [2.24, 2.45) is 11.8 Å². The van der Waals surface area contributed by atoms with Crippen LogP contribution in [0, 0.1) is 23.2 Å². The summed E-state index contributed by atoms with van der Waals surface area (Å²) in [7, 11) is 0. The minimum atomic E-state index is -0.825. The van der Waals surface area contributed by atoms with E-state index < -0.39 is 18.1 Å². The number of ether oxygens (including phenoxy) is 2. The molecule has 1 saturated carbocycles. The van der Waals surface area contributed by atoms with Gasteiger partial charge in [-0.3, -0.25) is 9.59 Å². The lowest BCUT2D eigenvalue weighted by atomic mass is 9.91. The Hall–Kier alpha value is -7.01. The second-order valence-corrected chi connectivity index (χ2v) is 22.6. The molecular formula is C58H72N12O7. The summed E-state index contributed by atoms with van der Waals surface area (Å²) < 4.78 is 19.0. The molecule has 5 saturated heterocycles. The van der Waals surface area contributed by atoms with E-state index in [0.717, 1.165) is 120 Å². The van der Waals surface area contributed by atoms with Gasteiger partial charge in [0.05, 0.1) is 47.4 Å². The minimum absolute atomic E-state index is 0.0645. The zero-order chi connectivity index (χ0) is 53.3. The van der Waals surface area contributed by atoms with Gasteiger partial charge in [-0.1, -0.05) is 43.3 Å². The van der Waals surface area contributed by atoms with Crippen LogP contribution in [0.25, 0.3) is 11.3 Å². The topological polar surface area (TPSA) is 236 Å². The smallest absolute Gasteiger partial charge is 0.243 e. The van der Waals surface area contributed by atoms with Crippen LogP contribution in [0.15, 0.2) is 83.5 Å². The summed E-state index contributed by atoms with van der Waals surface area (Å²) in [6.07, 6.45) is 9.69. The molecule has 1 aliphatic carbocycles. The van der Waals surface area contributed by atoms with Gasteiger partial charge in [0, 0.05) is 113 Å². The van der Waals surface area contributed by atoms with Crippen molar-refractivity contribution in [3.8, 4) is 29.0 Å². The van der Waals surface area contributed by atoms with Gasteiger partial charge in [0.2, 0.25) is 17.7 Å². The largest absolute Gasteiger partial charge is 0.507 e. The number of nitriles is 1. The fraction of sp³-hybridized carbons (Fsp3) is 0.534. The molecule has 19 nitrogen and oxygen atoms in total. The Bertz CT molecular complexity index is 2900. The highest BCUT2D eigenvalue weighted by atomic mass is 16.5. The van der Waals surface area contributed by atoms with Crippen molar-refractivity contribution in [3.05, 3.63) is 95.9 Å². The number of likely N-dealkylation sites (tertiary alicyclic amines) is 2. The maximum absolute atomic E-state index is 14.3. The van der Waals surface area contributed by atoms with Gasteiger partial charge in [0.25, 0.3) is 0 Å². The third kappa shape index (κ3) is 11.4. The van der Waals surface area contributed by atoms with Crippen molar-refractivity contribution in [3.63, 3.8) is 0 Å². The highest BCUT2D eigenvalue weighted by Gasteiger charge is 2.45. The molecule has 3 aromatic heterocycles. The maximum Gasteiger partial charge on any atom is 0.243 e. The lowest BCUT2D eigenvalue weighted by molar-refractivity contribution is -0.141. The normalized spacial score (nSPS) is 24.9. The minimum Gasteiger partial charge on any atom is -0.507 e. The van der Waals surface area contributed by atoms with Crippen LogP contribution < -0.4 is 30.5 Å². The van der Waals surface area contributed by atoms with E-state index in [2.05, 4.69) is 63.5 Å². The number of nitrogens with one attached hydrogen (secondary N) is 1. The lowest BCUT2D eigenvalue weighted by Gasteiger charge is -2.43. The number of phenols is 1. The average Bonchev–Trinajstić information content (AvgIpc) is 4.16. The molecule has 2 bridgehead atoms. The van der Waals surface area contributed by atoms with Crippen molar-refractivity contribution in [2.75, 3.05) is 72.8 Å². The number of pyridine rings is 1. The molecule has 6 aliphatic rings. The number of β-amino-alcohol motifs (C(OH)–C–C–N with tert-alkyl or cyclic N) is 1. The summed E-state index contributed by atoms with van der Waals surface area (Å²) in [5.41, 5.74) is 11.0. The molecule has 5 N–H and O–H groups in total. The van der Waals surface area contributed by atoms with Gasteiger partial charge in [-0.15, -0.1) is 10.2 Å². The van der Waals surface area contributed by atoms with E-state index in [0.29, 0.717) is 40.2 Å². The van der Waals surface area contributed by atoms with Crippen molar-refractivity contribution in [1.29, 1.82) is 5.26 Å². The zero-order valence-corrected chi connectivity index (χ0v) is 44.4. The van der Waals surface area contributed by atoms with Crippen LogP contribution in [0.4, 0.5) is 23.0 Å². The van der Waals surface area contributed by atoms with Crippen LogP contribution in [0.5, 0.6) is 11.6 Å². The first kappa shape index (κ1) is 52.1. The number of piperidine rings is 2. The molecule has 11 rings (SSSR count).